The highest BCUT2D eigenvalue weighted by molar-refractivity contribution is 7.99. The first-order chi connectivity index (χ1) is 15.0. The molecule has 1 unspecified atom stereocenters. The van der Waals surface area contributed by atoms with Crippen molar-refractivity contribution in [3.63, 3.8) is 0 Å². The fourth-order valence-corrected chi connectivity index (χ4v) is 4.43. The summed E-state index contributed by atoms with van der Waals surface area (Å²) in [7, 11) is 1.38. The van der Waals surface area contributed by atoms with Gasteiger partial charge in [-0.05, 0) is 60.2 Å². The van der Waals surface area contributed by atoms with E-state index in [2.05, 4.69) is 22.9 Å². The van der Waals surface area contributed by atoms with E-state index in [-0.39, 0.29) is 18.4 Å². The third-order valence-corrected chi connectivity index (χ3v) is 6.46. The van der Waals surface area contributed by atoms with E-state index in [9.17, 15) is 9.70 Å². The quantitative estimate of drug-likeness (QED) is 0.142. The second-order valence-corrected chi connectivity index (χ2v) is 8.76. The Balaban J connectivity index is 1.87. The maximum absolute atomic E-state index is 11.4. The molecule has 2 rings (SSSR count). The molecule has 0 bridgehead atoms. The molecule has 0 aliphatic rings. The van der Waals surface area contributed by atoms with Crippen molar-refractivity contribution in [2.45, 2.75) is 56.9 Å². The van der Waals surface area contributed by atoms with Crippen LogP contribution in [0.15, 0.2) is 46.5 Å². The van der Waals surface area contributed by atoms with Crippen LogP contribution in [-0.4, -0.2) is 25.4 Å². The van der Waals surface area contributed by atoms with Gasteiger partial charge in [0.05, 0.1) is 25.2 Å². The summed E-state index contributed by atoms with van der Waals surface area (Å²) < 4.78 is 10.7. The van der Waals surface area contributed by atoms with E-state index in [4.69, 9.17) is 16.3 Å². The summed E-state index contributed by atoms with van der Waals surface area (Å²) in [5.41, 5.74) is 2.92. The molecule has 2 aromatic rings. The molecule has 1 atom stereocenters. The van der Waals surface area contributed by atoms with Crippen molar-refractivity contribution in [1.29, 1.82) is 0 Å². The van der Waals surface area contributed by atoms with Gasteiger partial charge in [0, 0.05) is 10.6 Å². The van der Waals surface area contributed by atoms with E-state index >= 15 is 0 Å². The molecule has 0 aliphatic heterocycles. The summed E-state index contributed by atoms with van der Waals surface area (Å²) in [5.74, 6) is 1.46. The summed E-state index contributed by atoms with van der Waals surface area (Å²) >= 11 is 8.02. The van der Waals surface area contributed by atoms with Crippen LogP contribution in [0.4, 0.5) is 0 Å². The number of thioether (sulfide) groups is 1. The lowest BCUT2D eigenvalue weighted by Crippen LogP contribution is -2.04. The summed E-state index contributed by atoms with van der Waals surface area (Å²) in [6.07, 6.45) is 3.69. The van der Waals surface area contributed by atoms with Gasteiger partial charge in [0.15, 0.2) is 0 Å². The number of hydrogen-bond acceptors (Lipinski definition) is 6. The zero-order valence-corrected chi connectivity index (χ0v) is 19.9. The fourth-order valence-electron chi connectivity index (χ4n) is 3.22. The minimum Gasteiger partial charge on any atom is -0.493 e. The Morgan fingerprint density at radius 1 is 1.19 bits per heavy atom. The predicted octanol–water partition coefficient (Wildman–Crippen LogP) is 6.79. The van der Waals surface area contributed by atoms with Crippen LogP contribution >= 0.6 is 23.4 Å². The lowest BCUT2D eigenvalue weighted by Gasteiger charge is -2.14. The van der Waals surface area contributed by atoms with Crippen LogP contribution in [0.2, 0.25) is 5.02 Å². The first-order valence-corrected chi connectivity index (χ1v) is 11.9. The van der Waals surface area contributed by atoms with E-state index in [1.807, 2.05) is 37.3 Å². The van der Waals surface area contributed by atoms with Gasteiger partial charge in [-0.2, -0.15) is 4.91 Å². The van der Waals surface area contributed by atoms with Crippen LogP contribution in [0.3, 0.4) is 0 Å². The van der Waals surface area contributed by atoms with Crippen molar-refractivity contribution >= 4 is 29.3 Å². The van der Waals surface area contributed by atoms with Crippen molar-refractivity contribution in [3.8, 4) is 5.75 Å². The molecular weight excluding hydrogens is 434 g/mol. The molecule has 0 N–H and O–H groups in total. The van der Waals surface area contributed by atoms with Crippen molar-refractivity contribution in [2.24, 2.45) is 5.18 Å². The molecule has 0 heterocycles. The molecule has 168 valence electrons. The van der Waals surface area contributed by atoms with Crippen molar-refractivity contribution in [1.82, 2.24) is 0 Å². The maximum Gasteiger partial charge on any atom is 0.309 e. The Labute approximate surface area is 193 Å². The molecular formula is C24H30ClNO4S. The molecule has 5 nitrogen and oxygen atoms in total. The third kappa shape index (κ3) is 7.86. The largest absolute Gasteiger partial charge is 0.493 e. The highest BCUT2D eigenvalue weighted by Crippen LogP contribution is 2.30. The predicted molar refractivity (Wildman–Crippen MR) is 127 cm³/mol. The summed E-state index contributed by atoms with van der Waals surface area (Å²) in [6, 6.07) is 11.3. The average Bonchev–Trinajstić information content (AvgIpc) is 2.77. The highest BCUT2D eigenvalue weighted by atomic mass is 35.5. The van der Waals surface area contributed by atoms with E-state index < -0.39 is 0 Å². The number of benzene rings is 2. The van der Waals surface area contributed by atoms with Crippen LogP contribution in [0, 0.1) is 4.91 Å². The molecule has 0 spiro atoms. The van der Waals surface area contributed by atoms with Crippen LogP contribution < -0.4 is 4.74 Å². The SMILES string of the molecule is CCCc1cc(C(CC)N=O)ccc1OCCCSc1ccc(CC(=O)OC)cc1Cl. The number of nitrogens with zero attached hydrogens (tertiary/aromatic N) is 1. The molecule has 7 heteroatoms. The Kier molecular flexibility index (Phi) is 10.9. The van der Waals surface area contributed by atoms with Gasteiger partial charge >= 0.3 is 5.97 Å². The number of carbonyl (C=O) groups excluding carboxylic acids is 1. The second-order valence-electron chi connectivity index (χ2n) is 7.21. The monoisotopic (exact) mass is 463 g/mol. The van der Waals surface area contributed by atoms with E-state index in [1.54, 1.807) is 11.8 Å². The minimum absolute atomic E-state index is 0.218. The summed E-state index contributed by atoms with van der Waals surface area (Å²) in [5, 5.41) is 3.87. The van der Waals surface area contributed by atoms with E-state index in [0.29, 0.717) is 18.1 Å². The van der Waals surface area contributed by atoms with Crippen LogP contribution in [-0.2, 0) is 22.4 Å². The Hall–Kier alpha value is -2.05. The van der Waals surface area contributed by atoms with Gasteiger partial charge in [0.1, 0.15) is 11.8 Å². The van der Waals surface area contributed by atoms with E-state index in [1.165, 1.54) is 7.11 Å². The van der Waals surface area contributed by atoms with Crippen molar-refractivity contribution in [2.75, 3.05) is 19.5 Å². The minimum atomic E-state index is -0.301. The lowest BCUT2D eigenvalue weighted by atomic mass is 10.00. The Bertz CT molecular complexity index is 875. The zero-order valence-electron chi connectivity index (χ0n) is 18.4. The molecule has 0 aromatic heterocycles. The number of aryl methyl sites for hydroxylation is 1. The molecule has 0 radical (unpaired) electrons. The summed E-state index contributed by atoms with van der Waals surface area (Å²) in [6.45, 7) is 4.69. The molecule has 0 saturated heterocycles. The lowest BCUT2D eigenvalue weighted by molar-refractivity contribution is -0.139. The third-order valence-electron chi connectivity index (χ3n) is 4.88. The number of ether oxygens (including phenoxy) is 2. The number of carbonyl (C=O) groups is 1. The molecule has 0 aliphatic carbocycles. The molecule has 0 saturated carbocycles. The molecule has 2 aromatic carbocycles. The molecule has 0 amide bonds. The van der Waals surface area contributed by atoms with E-state index in [0.717, 1.165) is 52.4 Å². The number of hydrogen-bond donors (Lipinski definition) is 0. The topological polar surface area (TPSA) is 65.0 Å². The van der Waals surface area contributed by atoms with Crippen molar-refractivity contribution < 1.29 is 14.3 Å². The Morgan fingerprint density at radius 3 is 2.65 bits per heavy atom. The van der Waals surface area contributed by atoms with Gasteiger partial charge < -0.3 is 9.47 Å². The van der Waals surface area contributed by atoms with Gasteiger partial charge in [-0.1, -0.05) is 49.2 Å². The van der Waals surface area contributed by atoms with Crippen LogP contribution in [0.5, 0.6) is 5.75 Å². The smallest absolute Gasteiger partial charge is 0.309 e. The number of esters is 1. The number of halogens is 1. The van der Waals surface area contributed by atoms with Crippen LogP contribution in [0.25, 0.3) is 0 Å². The first-order valence-electron chi connectivity index (χ1n) is 10.6. The highest BCUT2D eigenvalue weighted by Gasteiger charge is 2.13. The van der Waals surface area contributed by atoms with Gasteiger partial charge in [-0.15, -0.1) is 11.8 Å². The zero-order chi connectivity index (χ0) is 22.6. The average molecular weight is 464 g/mol. The summed E-state index contributed by atoms with van der Waals surface area (Å²) in [4.78, 5) is 23.4. The Morgan fingerprint density at radius 2 is 2.00 bits per heavy atom. The van der Waals surface area contributed by atoms with Gasteiger partial charge in [-0.25, -0.2) is 0 Å². The first kappa shape index (κ1) is 25.2. The van der Waals surface area contributed by atoms with Crippen LogP contribution in [0.1, 0.15) is 55.8 Å². The molecule has 31 heavy (non-hydrogen) atoms. The number of nitroso groups, excluding NO2 is 1. The normalized spacial score (nSPS) is 11.7. The van der Waals surface area contributed by atoms with Gasteiger partial charge in [0.25, 0.3) is 0 Å². The van der Waals surface area contributed by atoms with Gasteiger partial charge in [0.2, 0.25) is 0 Å². The second kappa shape index (κ2) is 13.4. The standard InChI is InChI=1S/C24H30ClNO4S/c1-4-7-19-16-18(21(5-2)26-28)9-10-22(19)30-12-6-13-31-23-11-8-17(14-20(23)25)15-24(27)29-3/h8-11,14,16,21H,4-7,12-13,15H2,1-3H3. The van der Waals surface area contributed by atoms with Gasteiger partial charge in [-0.3, -0.25) is 4.79 Å². The number of methoxy groups -OCH3 is 1. The van der Waals surface area contributed by atoms with Crippen molar-refractivity contribution in [3.05, 3.63) is 63.0 Å². The maximum atomic E-state index is 11.4. The number of rotatable bonds is 13. The fraction of sp³-hybridized carbons (Fsp3) is 0.458. The molecule has 0 fully saturated rings.